The molecule has 0 aliphatic heterocycles. The van der Waals surface area contributed by atoms with Crippen LogP contribution in [0.2, 0.25) is 0 Å². The fraction of sp³-hybridized carbons (Fsp3) is 0.500. The van der Waals surface area contributed by atoms with Crippen molar-refractivity contribution in [3.8, 4) is 0 Å². The van der Waals surface area contributed by atoms with Crippen molar-refractivity contribution < 1.29 is 9.90 Å². The molecule has 2 aliphatic carbocycles. The van der Waals surface area contributed by atoms with E-state index in [0.717, 1.165) is 42.3 Å². The highest BCUT2D eigenvalue weighted by molar-refractivity contribution is 5.77. The first kappa shape index (κ1) is 12.7. The van der Waals surface area contributed by atoms with E-state index in [9.17, 15) is 9.59 Å². The third-order valence-corrected chi connectivity index (χ3v) is 4.67. The maximum atomic E-state index is 12.0. The summed E-state index contributed by atoms with van der Waals surface area (Å²) in [5.74, 6) is -0.202. The van der Waals surface area contributed by atoms with Gasteiger partial charge in [0.1, 0.15) is 0 Å². The summed E-state index contributed by atoms with van der Waals surface area (Å²) in [6, 6.07) is 6.29. The quantitative estimate of drug-likeness (QED) is 0.887. The minimum Gasteiger partial charge on any atom is -0.481 e. The lowest BCUT2D eigenvalue weighted by atomic mass is 9.91. The lowest BCUT2D eigenvalue weighted by Crippen LogP contribution is -2.14. The number of hydrogen-bond acceptors (Lipinski definition) is 2. The first-order chi connectivity index (χ1) is 10.1. The van der Waals surface area contributed by atoms with Gasteiger partial charge in [0.05, 0.1) is 17.5 Å². The van der Waals surface area contributed by atoms with Crippen molar-refractivity contribution in [1.29, 1.82) is 0 Å². The van der Waals surface area contributed by atoms with E-state index in [0.29, 0.717) is 12.0 Å². The molecule has 5 heteroatoms. The smallest absolute Gasteiger partial charge is 0.326 e. The van der Waals surface area contributed by atoms with E-state index >= 15 is 0 Å². The molecule has 0 amide bonds. The summed E-state index contributed by atoms with van der Waals surface area (Å²) in [4.78, 5) is 26.0. The molecule has 2 saturated carbocycles. The number of hydrogen-bond donors (Lipinski definition) is 2. The topological polar surface area (TPSA) is 75.1 Å². The zero-order valence-corrected chi connectivity index (χ0v) is 11.7. The van der Waals surface area contributed by atoms with Crippen LogP contribution < -0.4 is 5.69 Å². The molecule has 0 radical (unpaired) electrons. The fourth-order valence-electron chi connectivity index (χ4n) is 3.32. The molecule has 0 saturated heterocycles. The average Bonchev–Trinajstić information content (AvgIpc) is 3.32. The number of carbonyl (C=O) groups is 1. The van der Waals surface area contributed by atoms with Crippen LogP contribution in [-0.4, -0.2) is 20.6 Å². The van der Waals surface area contributed by atoms with Crippen molar-refractivity contribution >= 4 is 17.0 Å². The molecule has 1 heterocycles. The van der Waals surface area contributed by atoms with Crippen LogP contribution in [0.4, 0.5) is 0 Å². The van der Waals surface area contributed by atoms with E-state index in [2.05, 4.69) is 4.98 Å². The minimum atomic E-state index is -0.754. The number of carboxylic acids is 1. The molecular weight excluding hydrogens is 268 g/mol. The minimum absolute atomic E-state index is 0.0501. The molecule has 110 valence electrons. The van der Waals surface area contributed by atoms with Gasteiger partial charge in [-0.3, -0.25) is 9.36 Å². The van der Waals surface area contributed by atoms with Gasteiger partial charge in [-0.1, -0.05) is 6.07 Å². The highest BCUT2D eigenvalue weighted by Gasteiger charge is 2.34. The molecule has 1 unspecified atom stereocenters. The maximum Gasteiger partial charge on any atom is 0.326 e. The number of aliphatic carboxylic acids is 1. The van der Waals surface area contributed by atoms with Crippen LogP contribution in [0.1, 0.15) is 49.6 Å². The molecule has 2 aromatic rings. The van der Waals surface area contributed by atoms with Crippen LogP contribution >= 0.6 is 0 Å². The Bertz CT molecular complexity index is 765. The predicted molar refractivity (Wildman–Crippen MR) is 78.5 cm³/mol. The van der Waals surface area contributed by atoms with Crippen LogP contribution in [-0.2, 0) is 4.79 Å². The molecule has 1 aromatic carbocycles. The highest BCUT2D eigenvalue weighted by Crippen LogP contribution is 2.45. The van der Waals surface area contributed by atoms with Gasteiger partial charge < -0.3 is 10.1 Å². The molecule has 2 fully saturated rings. The predicted octanol–water partition coefficient (Wildman–Crippen LogP) is 2.63. The van der Waals surface area contributed by atoms with Crippen molar-refractivity contribution in [2.45, 2.75) is 44.1 Å². The summed E-state index contributed by atoms with van der Waals surface area (Å²) in [7, 11) is 0. The lowest BCUT2D eigenvalue weighted by Gasteiger charge is -2.14. The molecule has 2 aliphatic rings. The number of fused-ring (bicyclic) bond motifs is 1. The Hall–Kier alpha value is -2.04. The Morgan fingerprint density at radius 2 is 2.10 bits per heavy atom. The molecule has 21 heavy (non-hydrogen) atoms. The number of aromatic nitrogens is 2. The molecule has 1 aromatic heterocycles. The SMILES string of the molecule is O=C(O)CC(c1ccc2c(c1)[nH]c(=O)n2C1CC1)C1CC1. The summed E-state index contributed by atoms with van der Waals surface area (Å²) in [5.41, 5.74) is 2.76. The molecule has 1 atom stereocenters. The van der Waals surface area contributed by atoms with Gasteiger partial charge in [0.15, 0.2) is 0 Å². The van der Waals surface area contributed by atoms with Crippen molar-refractivity contribution in [3.63, 3.8) is 0 Å². The van der Waals surface area contributed by atoms with E-state index in [1.54, 1.807) is 0 Å². The van der Waals surface area contributed by atoms with E-state index in [4.69, 9.17) is 5.11 Å². The van der Waals surface area contributed by atoms with Gasteiger partial charge in [-0.2, -0.15) is 0 Å². The molecule has 2 N–H and O–H groups in total. The van der Waals surface area contributed by atoms with Crippen LogP contribution in [0.15, 0.2) is 23.0 Å². The number of aromatic amines is 1. The molecule has 5 nitrogen and oxygen atoms in total. The number of rotatable bonds is 5. The normalized spacial score (nSPS) is 19.8. The Kier molecular flexibility index (Phi) is 2.71. The number of H-pyrrole nitrogens is 1. The van der Waals surface area contributed by atoms with Gasteiger partial charge >= 0.3 is 11.7 Å². The summed E-state index contributed by atoms with van der Waals surface area (Å²) < 4.78 is 1.84. The van der Waals surface area contributed by atoms with Crippen LogP contribution in [0.25, 0.3) is 11.0 Å². The zero-order valence-electron chi connectivity index (χ0n) is 11.7. The highest BCUT2D eigenvalue weighted by atomic mass is 16.4. The molecule has 4 rings (SSSR count). The maximum absolute atomic E-state index is 12.0. The molecule has 0 spiro atoms. The van der Waals surface area contributed by atoms with Gasteiger partial charge in [-0.05, 0) is 55.2 Å². The second-order valence-electron chi connectivity index (χ2n) is 6.35. The third-order valence-electron chi connectivity index (χ3n) is 4.67. The second-order valence-corrected chi connectivity index (χ2v) is 6.35. The standard InChI is InChI=1S/C16H18N2O3/c19-15(20)8-12(9-1-2-9)10-3-6-14-13(7-10)17-16(21)18(14)11-4-5-11/h3,6-7,9,11-12H,1-2,4-5,8H2,(H,17,21)(H,19,20). The van der Waals surface area contributed by atoms with Crippen molar-refractivity contribution in [3.05, 3.63) is 34.2 Å². The number of benzene rings is 1. The largest absolute Gasteiger partial charge is 0.481 e. The van der Waals surface area contributed by atoms with Crippen molar-refractivity contribution in [2.24, 2.45) is 5.92 Å². The lowest BCUT2D eigenvalue weighted by molar-refractivity contribution is -0.137. The molecule has 0 bridgehead atoms. The van der Waals surface area contributed by atoms with E-state index in [-0.39, 0.29) is 18.0 Å². The van der Waals surface area contributed by atoms with Gasteiger partial charge in [0, 0.05) is 6.04 Å². The zero-order chi connectivity index (χ0) is 14.6. The molecular formula is C16H18N2O3. The Morgan fingerprint density at radius 1 is 1.33 bits per heavy atom. The number of imidazole rings is 1. The summed E-state index contributed by atoms with van der Waals surface area (Å²) in [5, 5.41) is 9.10. The number of nitrogens with one attached hydrogen (secondary N) is 1. The fourth-order valence-corrected chi connectivity index (χ4v) is 3.32. The first-order valence-electron chi connectivity index (χ1n) is 7.59. The average molecular weight is 286 g/mol. The Balaban J connectivity index is 1.76. The Labute approximate surface area is 121 Å². The summed E-state index contributed by atoms with van der Waals surface area (Å²) >= 11 is 0. The number of carboxylic acid groups (broad SMARTS) is 1. The summed E-state index contributed by atoms with van der Waals surface area (Å²) in [6.45, 7) is 0. The van der Waals surface area contributed by atoms with Gasteiger partial charge in [0.25, 0.3) is 0 Å². The monoisotopic (exact) mass is 286 g/mol. The number of nitrogens with zero attached hydrogens (tertiary/aromatic N) is 1. The second kappa shape index (κ2) is 4.48. The van der Waals surface area contributed by atoms with E-state index in [1.807, 2.05) is 22.8 Å². The van der Waals surface area contributed by atoms with Crippen molar-refractivity contribution in [1.82, 2.24) is 9.55 Å². The van der Waals surface area contributed by atoms with Crippen LogP contribution in [0, 0.1) is 5.92 Å². The van der Waals surface area contributed by atoms with Gasteiger partial charge in [-0.25, -0.2) is 4.79 Å². The van der Waals surface area contributed by atoms with Crippen LogP contribution in [0.5, 0.6) is 0 Å². The Morgan fingerprint density at radius 3 is 2.71 bits per heavy atom. The summed E-state index contributed by atoms with van der Waals surface area (Å²) in [6.07, 6.45) is 4.52. The third kappa shape index (κ3) is 2.26. The van der Waals surface area contributed by atoms with Crippen molar-refractivity contribution in [2.75, 3.05) is 0 Å². The van der Waals surface area contributed by atoms with E-state index < -0.39 is 5.97 Å². The van der Waals surface area contributed by atoms with Gasteiger partial charge in [0.2, 0.25) is 0 Å². The van der Waals surface area contributed by atoms with Gasteiger partial charge in [-0.15, -0.1) is 0 Å². The first-order valence-corrected chi connectivity index (χ1v) is 7.59. The van der Waals surface area contributed by atoms with E-state index in [1.165, 1.54) is 0 Å². The van der Waals surface area contributed by atoms with Crippen LogP contribution in [0.3, 0.4) is 0 Å².